The number of halogens is 1. The van der Waals surface area contributed by atoms with Crippen molar-refractivity contribution in [2.24, 2.45) is 11.8 Å². The number of aromatic amines is 2. The maximum absolute atomic E-state index is 12.2. The zero-order valence-corrected chi connectivity index (χ0v) is 45.3. The first-order chi connectivity index (χ1) is 29.4. The quantitative estimate of drug-likeness (QED) is 0.194. The minimum absolute atomic E-state index is 0.107. The molecule has 358 valence electrons. The van der Waals surface area contributed by atoms with Gasteiger partial charge in [0.25, 0.3) is 11.1 Å². The van der Waals surface area contributed by atoms with E-state index in [4.69, 9.17) is 18.2 Å². The molecule has 0 radical (unpaired) electrons. The molecule has 0 spiro atoms. The van der Waals surface area contributed by atoms with Crippen LogP contribution in [0, 0.1) is 11.8 Å². The van der Waals surface area contributed by atoms with Crippen LogP contribution in [-0.4, -0.2) is 106 Å². The molecule has 3 fully saturated rings. The fourth-order valence-electron chi connectivity index (χ4n) is 6.54. The molecule has 0 aromatic carbocycles. The second-order valence-corrected chi connectivity index (χ2v) is 31.6. The van der Waals surface area contributed by atoms with E-state index in [0.717, 1.165) is 25.7 Å². The smallest absolute Gasteiger partial charge is 0.413 e. The van der Waals surface area contributed by atoms with Crippen LogP contribution < -0.4 is 20.9 Å². The third-order valence-electron chi connectivity index (χ3n) is 13.8. The molecule has 2 aromatic rings. The highest BCUT2D eigenvalue weighted by Crippen LogP contribution is 2.38. The number of H-pyrrole nitrogens is 2. The number of aromatic nitrogens is 4. The van der Waals surface area contributed by atoms with E-state index in [0.29, 0.717) is 61.3 Å². The summed E-state index contributed by atoms with van der Waals surface area (Å²) in [5, 5.41) is 0.418. The summed E-state index contributed by atoms with van der Waals surface area (Å²) in [6, 6.07) is 0. The van der Waals surface area contributed by atoms with Gasteiger partial charge < -0.3 is 37.9 Å². The molecule has 0 bridgehead atoms. The predicted octanol–water partition coefficient (Wildman–Crippen LogP) is 9.14. The summed E-state index contributed by atoms with van der Waals surface area (Å²) in [4.78, 5) is 64.6. The number of carbonyl (C=O) groups excluding carboxylic acids is 2. The van der Waals surface area contributed by atoms with Gasteiger partial charge in [0.2, 0.25) is 0 Å². The molecule has 0 saturated carbocycles. The van der Waals surface area contributed by atoms with Crippen LogP contribution in [0.25, 0.3) is 6.08 Å². The van der Waals surface area contributed by atoms with E-state index in [1.54, 1.807) is 20.0 Å². The first-order valence-corrected chi connectivity index (χ1v) is 29.3. The van der Waals surface area contributed by atoms with Crippen molar-refractivity contribution in [3.63, 3.8) is 0 Å². The van der Waals surface area contributed by atoms with Gasteiger partial charge in [0.15, 0.2) is 28.3 Å². The lowest BCUT2D eigenvalue weighted by molar-refractivity contribution is -0.122. The topological polar surface area (TPSA) is 169 Å². The average molecular weight is 990 g/mol. The van der Waals surface area contributed by atoms with Crippen molar-refractivity contribution in [1.82, 2.24) is 19.9 Å². The molecule has 0 amide bonds. The molecular weight excluding hydrogens is 911 g/mol. The van der Waals surface area contributed by atoms with Crippen LogP contribution in [-0.2, 0) is 27.7 Å². The van der Waals surface area contributed by atoms with Crippen LogP contribution >= 0.6 is 15.9 Å². The standard InChI is InChI=1S/C20H33N3O3Si.C15H31BO3Si.C11H14BrN3O2/c1-15(24)16-9-11-23(12-10-16)18-19(25)21-14-17(22-18)8-7-13-26-27(5,6)20(2,3)4;1-13(2,3)20(8,9)17-12-10-11-16-18-14(4,5)15(6,7)19-16;1-7(16)8-2-4-15(5-3-8)10-11(17)13-6-9(12)14-10/h7-8,14,16H,9-13H2,1-6H3,(H,21,25);10-11H,12H2,1-9H3;6,8H,2-5H2,1H3,(H,13,17)/b8-7+;11-10+;. The number of piperidine rings is 2. The molecule has 2 aromatic heterocycles. The maximum atomic E-state index is 12.2. The second kappa shape index (κ2) is 22.7. The summed E-state index contributed by atoms with van der Waals surface area (Å²) in [7, 11) is -3.72. The molecule has 0 aliphatic carbocycles. The Morgan fingerprint density at radius 2 is 1.14 bits per heavy atom. The van der Waals surface area contributed by atoms with Crippen molar-refractivity contribution in [2.75, 3.05) is 49.2 Å². The van der Waals surface area contributed by atoms with Crippen LogP contribution in [0.1, 0.15) is 114 Å². The molecule has 3 saturated heterocycles. The van der Waals surface area contributed by atoms with Crippen LogP contribution in [0.2, 0.25) is 36.3 Å². The minimum atomic E-state index is -1.77. The summed E-state index contributed by atoms with van der Waals surface area (Å²) in [6.45, 7) is 37.8. The van der Waals surface area contributed by atoms with Gasteiger partial charge in [0, 0.05) is 50.4 Å². The Kier molecular flexibility index (Phi) is 19.6. The second-order valence-electron chi connectivity index (χ2n) is 21.2. The highest BCUT2D eigenvalue weighted by Gasteiger charge is 2.50. The highest BCUT2D eigenvalue weighted by atomic mass is 79.9. The molecule has 5 rings (SSSR count). The maximum Gasteiger partial charge on any atom is 0.486 e. The number of nitrogens with zero attached hydrogens (tertiary/aromatic N) is 4. The summed E-state index contributed by atoms with van der Waals surface area (Å²) < 4.78 is 24.7. The van der Waals surface area contributed by atoms with E-state index in [-0.39, 0.29) is 62.9 Å². The molecule has 0 unspecified atom stereocenters. The van der Waals surface area contributed by atoms with Crippen molar-refractivity contribution < 1.29 is 27.7 Å². The van der Waals surface area contributed by atoms with Gasteiger partial charge in [-0.15, -0.1) is 0 Å². The van der Waals surface area contributed by atoms with Crippen molar-refractivity contribution in [3.8, 4) is 0 Å². The highest BCUT2D eigenvalue weighted by molar-refractivity contribution is 9.10. The normalized spacial score (nSPS) is 18.8. The minimum Gasteiger partial charge on any atom is -0.413 e. The van der Waals surface area contributed by atoms with Gasteiger partial charge in [-0.3, -0.25) is 19.2 Å². The Bertz CT molecular complexity index is 2030. The molecule has 3 aliphatic heterocycles. The van der Waals surface area contributed by atoms with Gasteiger partial charge >= 0.3 is 7.12 Å². The van der Waals surface area contributed by atoms with Gasteiger partial charge in [-0.2, -0.15) is 0 Å². The first kappa shape index (κ1) is 55.3. The largest absolute Gasteiger partial charge is 0.486 e. The van der Waals surface area contributed by atoms with Crippen LogP contribution in [0.5, 0.6) is 0 Å². The number of hydrogen-bond donors (Lipinski definition) is 2. The number of anilines is 2. The molecule has 0 atom stereocenters. The molecule has 3 aliphatic rings. The lowest BCUT2D eigenvalue weighted by Gasteiger charge is -2.35. The van der Waals surface area contributed by atoms with Crippen molar-refractivity contribution in [3.05, 3.63) is 61.5 Å². The Balaban J connectivity index is 0.000000263. The first-order valence-electron chi connectivity index (χ1n) is 22.7. The number of rotatable bonds is 12. The van der Waals surface area contributed by atoms with E-state index >= 15 is 0 Å². The number of hydrogen-bond acceptors (Lipinski definition) is 12. The zero-order chi connectivity index (χ0) is 48.5. The molecule has 18 heteroatoms. The van der Waals surface area contributed by atoms with E-state index in [1.165, 1.54) is 6.20 Å². The number of Topliss-reactive ketones (excluding diaryl/α,β-unsaturated/α-hetero) is 2. The van der Waals surface area contributed by atoms with E-state index in [9.17, 15) is 19.2 Å². The lowest BCUT2D eigenvalue weighted by Crippen LogP contribution is -2.41. The Hall–Kier alpha value is -3.00. The average Bonchev–Trinajstić information content (AvgIpc) is 3.41. The van der Waals surface area contributed by atoms with Gasteiger partial charge in [-0.25, -0.2) is 9.97 Å². The van der Waals surface area contributed by atoms with Crippen LogP contribution in [0.4, 0.5) is 11.6 Å². The third kappa shape index (κ3) is 15.8. The fourth-order valence-corrected chi connectivity index (χ4v) is 8.72. The van der Waals surface area contributed by atoms with Crippen molar-refractivity contribution in [2.45, 2.75) is 156 Å². The van der Waals surface area contributed by atoms with E-state index in [1.807, 2.05) is 34.0 Å². The van der Waals surface area contributed by atoms with Gasteiger partial charge in [-0.1, -0.05) is 59.7 Å². The van der Waals surface area contributed by atoms with E-state index in [2.05, 4.69) is 131 Å². The SMILES string of the molecule is CC(=O)C1CCN(c2nc(/C=C/CO[Si](C)(C)C(C)(C)C)c[nH]c2=O)CC1.CC(=O)C1CCN(c2nc(Br)c[nH]c2=O)CC1.CC1(C)OB(/C=C/CO[Si](C)(C)C(C)(C)C)OC1(C)C. The Morgan fingerprint density at radius 3 is 1.55 bits per heavy atom. The van der Waals surface area contributed by atoms with Crippen LogP contribution in [0.15, 0.2) is 44.7 Å². The summed E-state index contributed by atoms with van der Waals surface area (Å²) in [5.41, 5.74) is -0.220. The summed E-state index contributed by atoms with van der Waals surface area (Å²) >= 11 is 3.24. The Labute approximate surface area is 393 Å². The van der Waals surface area contributed by atoms with E-state index < -0.39 is 16.6 Å². The number of nitrogens with one attached hydrogen (secondary N) is 2. The molecule has 2 N–H and O–H groups in total. The molecule has 14 nitrogen and oxygen atoms in total. The Morgan fingerprint density at radius 1 is 0.750 bits per heavy atom. The summed E-state index contributed by atoms with van der Waals surface area (Å²) in [5.74, 6) is 3.54. The fraction of sp³-hybridized carbons (Fsp3) is 0.696. The van der Waals surface area contributed by atoms with Gasteiger partial charge in [-0.05, 0) is 125 Å². The monoisotopic (exact) mass is 988 g/mol. The van der Waals surface area contributed by atoms with Crippen molar-refractivity contribution in [1.29, 1.82) is 0 Å². The zero-order valence-electron chi connectivity index (χ0n) is 41.7. The third-order valence-corrected chi connectivity index (χ3v) is 23.2. The van der Waals surface area contributed by atoms with Gasteiger partial charge in [0.05, 0.1) is 30.1 Å². The van der Waals surface area contributed by atoms with Crippen molar-refractivity contribution >= 4 is 69.0 Å². The predicted molar refractivity (Wildman–Crippen MR) is 269 cm³/mol. The molecule has 5 heterocycles. The van der Waals surface area contributed by atoms with Gasteiger partial charge in [0.1, 0.15) is 16.2 Å². The number of carbonyl (C=O) groups is 2. The molecular formula is C46H78BBrN6O8Si2. The lowest BCUT2D eigenvalue weighted by atomic mass is 9.90. The van der Waals surface area contributed by atoms with Crippen LogP contribution in [0.3, 0.4) is 0 Å². The number of ketones is 2. The molecule has 64 heavy (non-hydrogen) atoms. The summed E-state index contributed by atoms with van der Waals surface area (Å²) in [6.07, 6.45) is 12.1.